The molecule has 3 aromatic rings. The quantitative estimate of drug-likeness (QED) is 0.588. The van der Waals surface area contributed by atoms with Crippen molar-refractivity contribution in [2.45, 2.75) is 35.5 Å². The molecular weight excluding hydrogens is 450 g/mol. The van der Waals surface area contributed by atoms with Crippen LogP contribution in [0, 0.1) is 0 Å². The minimum Gasteiger partial charge on any atom is -0.492 e. The largest absolute Gasteiger partial charge is 0.492 e. The molecule has 0 atom stereocenters. The summed E-state index contributed by atoms with van der Waals surface area (Å²) < 4.78 is 31.9. The van der Waals surface area contributed by atoms with Gasteiger partial charge in [-0.3, -0.25) is 4.79 Å². The number of β-amino-alcohol motifs (C(OH)–C–C–N with tert-alkyl or cyclic N) is 1. The Hall–Kier alpha value is -3.16. The predicted molar refractivity (Wildman–Crippen MR) is 129 cm³/mol. The molecule has 1 amide bonds. The minimum absolute atomic E-state index is 0.165. The summed E-state index contributed by atoms with van der Waals surface area (Å²) in [4.78, 5) is 14.7. The SMILES string of the molecule is O=C(c1ccc(CS(=O)(=O)c2cccc3c2OCCC3)cc1)N1CC(O)(Cc2ccccc2)C1. The van der Waals surface area contributed by atoms with Crippen molar-refractivity contribution in [3.8, 4) is 5.75 Å². The van der Waals surface area contributed by atoms with Crippen LogP contribution in [0.1, 0.15) is 33.5 Å². The molecule has 6 nitrogen and oxygen atoms in total. The van der Waals surface area contributed by atoms with Crippen LogP contribution in [-0.2, 0) is 28.4 Å². The van der Waals surface area contributed by atoms with Crippen molar-refractivity contribution in [2.24, 2.45) is 0 Å². The number of ether oxygens (including phenoxy) is 1. The van der Waals surface area contributed by atoms with Gasteiger partial charge in [-0.25, -0.2) is 8.42 Å². The molecule has 0 aromatic heterocycles. The molecule has 7 heteroatoms. The van der Waals surface area contributed by atoms with E-state index in [1.807, 2.05) is 36.4 Å². The number of aliphatic hydroxyl groups is 1. The normalized spacial score (nSPS) is 16.8. The highest BCUT2D eigenvalue weighted by molar-refractivity contribution is 7.90. The molecule has 2 aliphatic rings. The molecule has 0 radical (unpaired) electrons. The maximum absolute atomic E-state index is 13.1. The first-order valence-corrected chi connectivity index (χ1v) is 13.1. The predicted octanol–water partition coefficient (Wildman–Crippen LogP) is 3.42. The van der Waals surface area contributed by atoms with Gasteiger partial charge in [0.2, 0.25) is 0 Å². The average molecular weight is 478 g/mol. The third-order valence-corrected chi connectivity index (χ3v) is 8.13. The van der Waals surface area contributed by atoms with E-state index < -0.39 is 15.4 Å². The first-order chi connectivity index (χ1) is 16.3. The number of aryl methyl sites for hydroxylation is 1. The summed E-state index contributed by atoms with van der Waals surface area (Å²) in [7, 11) is -3.60. The average Bonchev–Trinajstić information content (AvgIpc) is 2.82. The Kier molecular flexibility index (Phi) is 5.91. The van der Waals surface area contributed by atoms with Gasteiger partial charge in [-0.15, -0.1) is 0 Å². The molecular formula is C27H27NO5S. The molecule has 0 saturated carbocycles. The van der Waals surface area contributed by atoms with Gasteiger partial charge >= 0.3 is 0 Å². The number of carbonyl (C=O) groups excluding carboxylic acids is 1. The number of likely N-dealkylation sites (tertiary alicyclic amines) is 1. The van der Waals surface area contributed by atoms with Crippen molar-refractivity contribution in [2.75, 3.05) is 19.7 Å². The highest BCUT2D eigenvalue weighted by atomic mass is 32.2. The van der Waals surface area contributed by atoms with E-state index in [9.17, 15) is 18.3 Å². The van der Waals surface area contributed by atoms with Crippen LogP contribution in [0.4, 0.5) is 0 Å². The summed E-state index contributed by atoms with van der Waals surface area (Å²) >= 11 is 0. The number of fused-ring (bicyclic) bond motifs is 1. The topological polar surface area (TPSA) is 83.9 Å². The summed E-state index contributed by atoms with van der Waals surface area (Å²) in [6, 6.07) is 21.6. The number of hydrogen-bond donors (Lipinski definition) is 1. The maximum atomic E-state index is 13.1. The second-order valence-corrected chi connectivity index (χ2v) is 11.2. The van der Waals surface area contributed by atoms with Gasteiger partial charge in [-0.05, 0) is 47.7 Å². The van der Waals surface area contributed by atoms with Gasteiger partial charge in [0.1, 0.15) is 16.2 Å². The number of para-hydroxylation sites is 1. The first-order valence-electron chi connectivity index (χ1n) is 11.5. The van der Waals surface area contributed by atoms with Crippen molar-refractivity contribution >= 4 is 15.7 Å². The zero-order valence-corrected chi connectivity index (χ0v) is 19.6. The van der Waals surface area contributed by atoms with Crippen LogP contribution < -0.4 is 4.74 Å². The Morgan fingerprint density at radius 1 is 0.941 bits per heavy atom. The van der Waals surface area contributed by atoms with Gasteiger partial charge in [0.15, 0.2) is 9.84 Å². The summed E-state index contributed by atoms with van der Waals surface area (Å²) in [5.41, 5.74) is 2.13. The molecule has 1 N–H and O–H groups in total. The van der Waals surface area contributed by atoms with Gasteiger partial charge < -0.3 is 14.7 Å². The molecule has 0 unspecified atom stereocenters. The van der Waals surface area contributed by atoms with E-state index in [0.29, 0.717) is 29.9 Å². The Morgan fingerprint density at radius 3 is 2.41 bits per heavy atom. The molecule has 1 fully saturated rings. The Bertz CT molecular complexity index is 1300. The molecule has 2 aliphatic heterocycles. The molecule has 0 aliphatic carbocycles. The lowest BCUT2D eigenvalue weighted by molar-refractivity contribution is -0.0799. The third-order valence-electron chi connectivity index (χ3n) is 6.42. The van der Waals surface area contributed by atoms with Crippen LogP contribution in [0.2, 0.25) is 0 Å². The van der Waals surface area contributed by atoms with E-state index in [1.54, 1.807) is 41.3 Å². The lowest BCUT2D eigenvalue weighted by Gasteiger charge is -2.46. The third kappa shape index (κ3) is 4.58. The second kappa shape index (κ2) is 8.89. The lowest BCUT2D eigenvalue weighted by Crippen LogP contribution is -2.64. The number of benzene rings is 3. The van der Waals surface area contributed by atoms with Crippen molar-refractivity contribution in [3.05, 3.63) is 95.1 Å². The van der Waals surface area contributed by atoms with Crippen LogP contribution in [0.3, 0.4) is 0 Å². The Morgan fingerprint density at radius 2 is 1.68 bits per heavy atom. The standard InChI is InChI=1S/C27H27NO5S/c29-26(28-18-27(30,19-28)16-20-6-2-1-3-7-20)23-13-11-21(12-14-23)17-34(31,32)24-10-4-8-22-9-5-15-33-25(22)24/h1-4,6-8,10-14,30H,5,9,15-19H2. The fourth-order valence-electron chi connectivity index (χ4n) is 4.72. The molecule has 0 spiro atoms. The zero-order valence-electron chi connectivity index (χ0n) is 18.8. The smallest absolute Gasteiger partial charge is 0.254 e. The molecule has 3 aromatic carbocycles. The number of sulfone groups is 1. The molecule has 34 heavy (non-hydrogen) atoms. The van der Waals surface area contributed by atoms with Gasteiger partial charge in [0, 0.05) is 12.0 Å². The van der Waals surface area contributed by atoms with E-state index in [2.05, 4.69) is 0 Å². The monoisotopic (exact) mass is 477 g/mol. The lowest BCUT2D eigenvalue weighted by atomic mass is 9.86. The van der Waals surface area contributed by atoms with Gasteiger partial charge in [0.25, 0.3) is 5.91 Å². The molecule has 2 heterocycles. The van der Waals surface area contributed by atoms with E-state index in [0.717, 1.165) is 24.0 Å². The number of hydrogen-bond acceptors (Lipinski definition) is 5. The van der Waals surface area contributed by atoms with Crippen LogP contribution in [0.5, 0.6) is 5.75 Å². The molecule has 5 rings (SSSR count). The van der Waals surface area contributed by atoms with Gasteiger partial charge in [0.05, 0.1) is 25.4 Å². The van der Waals surface area contributed by atoms with E-state index >= 15 is 0 Å². The number of rotatable bonds is 6. The van der Waals surface area contributed by atoms with Crippen molar-refractivity contribution in [1.82, 2.24) is 4.90 Å². The van der Waals surface area contributed by atoms with E-state index in [4.69, 9.17) is 4.74 Å². The van der Waals surface area contributed by atoms with Crippen molar-refractivity contribution in [3.63, 3.8) is 0 Å². The number of carbonyl (C=O) groups is 1. The number of nitrogens with zero attached hydrogens (tertiary/aromatic N) is 1. The fourth-order valence-corrected chi connectivity index (χ4v) is 6.27. The van der Waals surface area contributed by atoms with Crippen LogP contribution >= 0.6 is 0 Å². The molecule has 1 saturated heterocycles. The number of amides is 1. The Labute approximate surface area is 199 Å². The molecule has 0 bridgehead atoms. The first kappa shape index (κ1) is 22.6. The summed E-state index contributed by atoms with van der Waals surface area (Å²) in [5, 5.41) is 10.7. The van der Waals surface area contributed by atoms with Crippen LogP contribution in [0.15, 0.2) is 77.7 Å². The van der Waals surface area contributed by atoms with Gasteiger partial charge in [-0.2, -0.15) is 0 Å². The zero-order chi connectivity index (χ0) is 23.8. The van der Waals surface area contributed by atoms with Crippen molar-refractivity contribution in [1.29, 1.82) is 0 Å². The van der Waals surface area contributed by atoms with Crippen LogP contribution in [0.25, 0.3) is 0 Å². The van der Waals surface area contributed by atoms with Crippen LogP contribution in [-0.4, -0.2) is 49.6 Å². The van der Waals surface area contributed by atoms with Crippen molar-refractivity contribution < 1.29 is 23.1 Å². The highest BCUT2D eigenvalue weighted by Crippen LogP contribution is 2.34. The molecule has 176 valence electrons. The van der Waals surface area contributed by atoms with E-state index in [-0.39, 0.29) is 29.6 Å². The summed E-state index contributed by atoms with van der Waals surface area (Å²) in [6.45, 7) is 1.07. The fraction of sp³-hybridized carbons (Fsp3) is 0.296. The summed E-state index contributed by atoms with van der Waals surface area (Å²) in [5.74, 6) is 0.140. The highest BCUT2D eigenvalue weighted by Gasteiger charge is 2.43. The van der Waals surface area contributed by atoms with Gasteiger partial charge in [-0.1, -0.05) is 54.6 Å². The van der Waals surface area contributed by atoms with E-state index in [1.165, 1.54) is 0 Å². The summed E-state index contributed by atoms with van der Waals surface area (Å²) in [6.07, 6.45) is 2.19. The Balaban J connectivity index is 1.24. The minimum atomic E-state index is -3.60. The second-order valence-electron chi connectivity index (χ2n) is 9.20. The maximum Gasteiger partial charge on any atom is 0.254 e.